The van der Waals surface area contributed by atoms with Gasteiger partial charge in [-0.2, -0.15) is 0 Å². The van der Waals surface area contributed by atoms with Crippen LogP contribution in [0.15, 0.2) is 9.64 Å². The highest BCUT2D eigenvalue weighted by atomic mass is 32.2. The summed E-state index contributed by atoms with van der Waals surface area (Å²) in [7, 11) is 3.81. The molecule has 1 N–H and O–H groups in total. The lowest BCUT2D eigenvalue weighted by Crippen LogP contribution is -2.25. The molecule has 1 amide bonds. The molecule has 0 aliphatic carbocycles. The molecule has 0 spiro atoms. The van der Waals surface area contributed by atoms with E-state index < -0.39 is 0 Å². The topological polar surface area (TPSA) is 71.3 Å². The Labute approximate surface area is 104 Å². The number of thioether (sulfide) groups is 1. The van der Waals surface area contributed by atoms with Gasteiger partial charge in [-0.15, -0.1) is 16.6 Å². The maximum atomic E-state index is 11.2. The number of carbonyl (C=O) groups is 1. The Hall–Kier alpha value is -1.52. The number of carbonyl (C=O) groups excluding carboxylic acids is 1. The van der Waals surface area contributed by atoms with Crippen LogP contribution in [0, 0.1) is 12.3 Å². The van der Waals surface area contributed by atoms with E-state index in [0.717, 1.165) is 0 Å². The van der Waals surface area contributed by atoms with Gasteiger partial charge >= 0.3 is 0 Å². The molecule has 92 valence electrons. The first kappa shape index (κ1) is 13.5. The molecular weight excluding hydrogens is 240 g/mol. The number of nitrogens with one attached hydrogen (secondary N) is 1. The van der Waals surface area contributed by atoms with Crippen molar-refractivity contribution in [2.45, 2.75) is 11.8 Å². The molecule has 1 heterocycles. The first-order valence-electron chi connectivity index (χ1n) is 4.92. The van der Waals surface area contributed by atoms with Gasteiger partial charge in [0, 0.05) is 0 Å². The molecule has 1 aromatic heterocycles. The zero-order valence-electron chi connectivity index (χ0n) is 9.77. The van der Waals surface area contributed by atoms with Crippen molar-refractivity contribution in [3.05, 3.63) is 5.89 Å². The molecule has 1 rings (SSSR count). The maximum absolute atomic E-state index is 11.2. The van der Waals surface area contributed by atoms with Gasteiger partial charge in [0.25, 0.3) is 5.22 Å². The van der Waals surface area contributed by atoms with Gasteiger partial charge in [0.1, 0.15) is 0 Å². The van der Waals surface area contributed by atoms with E-state index in [0.29, 0.717) is 17.7 Å². The lowest BCUT2D eigenvalue weighted by Gasteiger charge is -2.03. The summed E-state index contributed by atoms with van der Waals surface area (Å²) in [5.74, 6) is 2.91. The minimum Gasteiger partial charge on any atom is -0.415 e. The van der Waals surface area contributed by atoms with E-state index in [1.165, 1.54) is 11.8 Å². The molecule has 0 unspecified atom stereocenters. The van der Waals surface area contributed by atoms with E-state index in [1.54, 1.807) is 0 Å². The Bertz CT molecular complexity index is 411. The van der Waals surface area contributed by atoms with Crippen LogP contribution in [0.1, 0.15) is 5.89 Å². The van der Waals surface area contributed by atoms with Crippen molar-refractivity contribution in [1.82, 2.24) is 20.4 Å². The van der Waals surface area contributed by atoms with Gasteiger partial charge in [0.2, 0.25) is 11.8 Å². The van der Waals surface area contributed by atoms with Gasteiger partial charge in [-0.3, -0.25) is 4.79 Å². The van der Waals surface area contributed by atoms with Crippen molar-refractivity contribution in [1.29, 1.82) is 0 Å². The minimum atomic E-state index is -0.152. The van der Waals surface area contributed by atoms with E-state index in [9.17, 15) is 4.79 Å². The summed E-state index contributed by atoms with van der Waals surface area (Å²) in [5.41, 5.74) is 0. The van der Waals surface area contributed by atoms with Gasteiger partial charge in [-0.1, -0.05) is 17.7 Å². The molecule has 0 aliphatic rings. The van der Waals surface area contributed by atoms with Crippen LogP contribution in [0.3, 0.4) is 0 Å². The third-order valence-corrected chi connectivity index (χ3v) is 2.43. The second-order valence-electron chi connectivity index (χ2n) is 3.47. The molecule has 0 fully saturated rings. The number of terminal acetylenes is 1. The number of rotatable bonds is 6. The monoisotopic (exact) mass is 254 g/mol. The van der Waals surface area contributed by atoms with Gasteiger partial charge in [-0.05, 0) is 14.1 Å². The second kappa shape index (κ2) is 6.93. The normalized spacial score (nSPS) is 10.2. The predicted molar refractivity (Wildman–Crippen MR) is 64.3 cm³/mol. The molecule has 0 saturated heterocycles. The van der Waals surface area contributed by atoms with E-state index in [-0.39, 0.29) is 18.2 Å². The standard InChI is InChI=1S/C10H14N4O2S/c1-4-5-11-8(15)7-17-10-13-12-9(16-10)6-14(2)3/h1H,5-7H2,2-3H3,(H,11,15). The molecule has 6 nitrogen and oxygen atoms in total. The summed E-state index contributed by atoms with van der Waals surface area (Å²) >= 11 is 1.19. The minimum absolute atomic E-state index is 0.152. The third kappa shape index (κ3) is 5.38. The fourth-order valence-corrected chi connectivity index (χ4v) is 1.57. The van der Waals surface area contributed by atoms with E-state index >= 15 is 0 Å². The zero-order valence-corrected chi connectivity index (χ0v) is 10.6. The van der Waals surface area contributed by atoms with Crippen molar-refractivity contribution in [2.24, 2.45) is 0 Å². The maximum Gasteiger partial charge on any atom is 0.277 e. The zero-order chi connectivity index (χ0) is 12.7. The van der Waals surface area contributed by atoms with Crippen LogP contribution in [0.4, 0.5) is 0 Å². The summed E-state index contributed by atoms with van der Waals surface area (Å²) in [6.07, 6.45) is 5.02. The molecule has 0 atom stereocenters. The lowest BCUT2D eigenvalue weighted by molar-refractivity contribution is -0.118. The van der Waals surface area contributed by atoms with Crippen LogP contribution in [0.25, 0.3) is 0 Å². The molecule has 0 aromatic carbocycles. The van der Waals surface area contributed by atoms with Crippen molar-refractivity contribution >= 4 is 17.7 Å². The van der Waals surface area contributed by atoms with E-state index in [1.807, 2.05) is 19.0 Å². The van der Waals surface area contributed by atoms with Crippen LogP contribution in [0.5, 0.6) is 0 Å². The van der Waals surface area contributed by atoms with Crippen molar-refractivity contribution in [3.8, 4) is 12.3 Å². The second-order valence-corrected chi connectivity index (χ2v) is 4.40. The number of hydrogen-bond donors (Lipinski definition) is 1. The Kier molecular flexibility index (Phi) is 5.52. The predicted octanol–water partition coefficient (Wildman–Crippen LogP) is -0.0273. The van der Waals surface area contributed by atoms with Gasteiger partial charge in [0.15, 0.2) is 0 Å². The smallest absolute Gasteiger partial charge is 0.277 e. The Balaban J connectivity index is 2.34. The summed E-state index contributed by atoms with van der Waals surface area (Å²) < 4.78 is 5.33. The Morgan fingerprint density at radius 3 is 3.00 bits per heavy atom. The summed E-state index contributed by atoms with van der Waals surface area (Å²) in [6.45, 7) is 0.811. The average Bonchev–Trinajstić information content (AvgIpc) is 2.70. The first-order chi connectivity index (χ1) is 8.11. The van der Waals surface area contributed by atoms with Crippen LogP contribution >= 0.6 is 11.8 Å². The van der Waals surface area contributed by atoms with E-state index in [2.05, 4.69) is 21.4 Å². The molecule has 17 heavy (non-hydrogen) atoms. The van der Waals surface area contributed by atoms with Crippen LogP contribution in [-0.4, -0.2) is 47.4 Å². The summed E-state index contributed by atoms with van der Waals surface area (Å²) in [4.78, 5) is 13.2. The van der Waals surface area contributed by atoms with Crippen LogP contribution in [-0.2, 0) is 11.3 Å². The quantitative estimate of drug-likeness (QED) is 0.568. The van der Waals surface area contributed by atoms with Crippen LogP contribution < -0.4 is 5.32 Å². The van der Waals surface area contributed by atoms with Gasteiger partial charge in [0.05, 0.1) is 18.8 Å². The molecule has 0 bridgehead atoms. The molecule has 0 saturated carbocycles. The molecule has 7 heteroatoms. The fraction of sp³-hybridized carbons (Fsp3) is 0.500. The summed E-state index contributed by atoms with van der Waals surface area (Å²) in [6, 6.07) is 0. The van der Waals surface area contributed by atoms with Gasteiger partial charge < -0.3 is 14.6 Å². The SMILES string of the molecule is C#CCNC(=O)CSc1nnc(CN(C)C)o1. The van der Waals surface area contributed by atoms with Crippen LogP contribution in [0.2, 0.25) is 0 Å². The largest absolute Gasteiger partial charge is 0.415 e. The Morgan fingerprint density at radius 1 is 1.59 bits per heavy atom. The van der Waals surface area contributed by atoms with Gasteiger partial charge in [-0.25, -0.2) is 0 Å². The van der Waals surface area contributed by atoms with Crippen molar-refractivity contribution in [3.63, 3.8) is 0 Å². The highest BCUT2D eigenvalue weighted by molar-refractivity contribution is 7.99. The van der Waals surface area contributed by atoms with E-state index in [4.69, 9.17) is 10.8 Å². The Morgan fingerprint density at radius 2 is 2.35 bits per heavy atom. The molecule has 0 aliphatic heterocycles. The molecule has 1 aromatic rings. The van der Waals surface area contributed by atoms with Crippen molar-refractivity contribution < 1.29 is 9.21 Å². The fourth-order valence-electron chi connectivity index (χ4n) is 0.959. The number of amides is 1. The number of nitrogens with zero attached hydrogens (tertiary/aromatic N) is 3. The third-order valence-electron chi connectivity index (χ3n) is 1.61. The highest BCUT2D eigenvalue weighted by Gasteiger charge is 2.09. The number of aromatic nitrogens is 2. The van der Waals surface area contributed by atoms with Crippen molar-refractivity contribution in [2.75, 3.05) is 26.4 Å². The highest BCUT2D eigenvalue weighted by Crippen LogP contribution is 2.15. The average molecular weight is 254 g/mol. The molecular formula is C10H14N4O2S. The summed E-state index contributed by atoms with van der Waals surface area (Å²) in [5, 5.41) is 10.6. The lowest BCUT2D eigenvalue weighted by atomic mass is 10.6. The number of hydrogen-bond acceptors (Lipinski definition) is 6. The first-order valence-corrected chi connectivity index (χ1v) is 5.90. The molecule has 0 radical (unpaired) electrons.